The molecule has 2 aromatic rings. The van der Waals surface area contributed by atoms with Crippen LogP contribution in [-0.4, -0.2) is 22.0 Å². The molecule has 0 radical (unpaired) electrons. The zero-order valence-electron chi connectivity index (χ0n) is 7.73. The van der Waals surface area contributed by atoms with E-state index in [2.05, 4.69) is 15.4 Å². The van der Waals surface area contributed by atoms with Gasteiger partial charge < -0.3 is 4.74 Å². The van der Waals surface area contributed by atoms with Gasteiger partial charge in [0.25, 0.3) is 0 Å². The zero-order valence-corrected chi connectivity index (χ0v) is 7.73. The molecule has 1 aromatic carbocycles. The number of aromatic nitrogens is 3. The molecule has 4 nitrogen and oxygen atoms in total. The van der Waals surface area contributed by atoms with Crippen LogP contribution in [0.15, 0.2) is 18.2 Å². The van der Waals surface area contributed by atoms with E-state index in [1.807, 2.05) is 18.2 Å². The Labute approximate surface area is 81.3 Å². The summed E-state index contributed by atoms with van der Waals surface area (Å²) < 4.78 is 5.63. The number of nitrogens with one attached hydrogen (secondary N) is 1. The van der Waals surface area contributed by atoms with Crippen molar-refractivity contribution in [3.63, 3.8) is 0 Å². The topological polar surface area (TPSA) is 50.8 Å². The third-order valence-corrected chi connectivity index (χ3v) is 2.47. The van der Waals surface area contributed by atoms with Gasteiger partial charge in [-0.15, -0.1) is 0 Å². The van der Waals surface area contributed by atoms with Crippen molar-refractivity contribution in [3.05, 3.63) is 18.2 Å². The van der Waals surface area contributed by atoms with Gasteiger partial charge in [0.15, 0.2) is 0 Å². The lowest BCUT2D eigenvalue weighted by Crippen LogP contribution is -1.98. The summed E-state index contributed by atoms with van der Waals surface area (Å²) in [6, 6.07) is 5.77. The van der Waals surface area contributed by atoms with E-state index >= 15 is 0 Å². The summed E-state index contributed by atoms with van der Waals surface area (Å²) in [5.74, 6) is 1.67. The van der Waals surface area contributed by atoms with Gasteiger partial charge in [0, 0.05) is 6.07 Å². The lowest BCUT2D eigenvalue weighted by atomic mass is 10.3. The minimum Gasteiger partial charge on any atom is -0.493 e. The van der Waals surface area contributed by atoms with Crippen molar-refractivity contribution in [3.8, 4) is 5.75 Å². The third-order valence-electron chi connectivity index (χ3n) is 2.47. The number of fused-ring (bicyclic) bond motifs is 1. The number of benzene rings is 1. The SMILES string of the molecule is c1cc2n[nH]nc2cc1OCC1CC1. The lowest BCUT2D eigenvalue weighted by molar-refractivity contribution is 0.300. The van der Waals surface area contributed by atoms with E-state index < -0.39 is 0 Å². The Hall–Kier alpha value is -1.58. The lowest BCUT2D eigenvalue weighted by Gasteiger charge is -2.03. The Kier molecular flexibility index (Phi) is 1.65. The number of H-pyrrole nitrogens is 1. The molecule has 1 fully saturated rings. The van der Waals surface area contributed by atoms with Crippen LogP contribution < -0.4 is 4.74 Å². The van der Waals surface area contributed by atoms with Crippen LogP contribution in [0, 0.1) is 5.92 Å². The molecule has 1 aliphatic rings. The molecule has 1 N–H and O–H groups in total. The minimum atomic E-state index is 0.781. The van der Waals surface area contributed by atoms with Crippen molar-refractivity contribution < 1.29 is 4.74 Å². The Morgan fingerprint density at radius 3 is 3.00 bits per heavy atom. The summed E-state index contributed by atoms with van der Waals surface area (Å²) in [7, 11) is 0. The molecule has 4 heteroatoms. The van der Waals surface area contributed by atoms with E-state index in [0.717, 1.165) is 29.3 Å². The van der Waals surface area contributed by atoms with Gasteiger partial charge in [0.2, 0.25) is 0 Å². The van der Waals surface area contributed by atoms with Gasteiger partial charge in [-0.1, -0.05) is 0 Å². The van der Waals surface area contributed by atoms with Crippen molar-refractivity contribution in [2.75, 3.05) is 6.61 Å². The molecular formula is C10H11N3O. The molecule has 3 rings (SSSR count). The van der Waals surface area contributed by atoms with Crippen molar-refractivity contribution in [2.45, 2.75) is 12.8 Å². The average Bonchev–Trinajstić information content (AvgIpc) is 2.92. The second-order valence-corrected chi connectivity index (χ2v) is 3.73. The Bertz CT molecular complexity index is 447. The fraction of sp³-hybridized carbons (Fsp3) is 0.400. The van der Waals surface area contributed by atoms with Crippen molar-refractivity contribution in [1.82, 2.24) is 15.4 Å². The highest BCUT2D eigenvalue weighted by Crippen LogP contribution is 2.29. The largest absolute Gasteiger partial charge is 0.493 e. The fourth-order valence-electron chi connectivity index (χ4n) is 1.41. The summed E-state index contributed by atoms with van der Waals surface area (Å²) in [6.07, 6.45) is 2.62. The second-order valence-electron chi connectivity index (χ2n) is 3.73. The molecule has 14 heavy (non-hydrogen) atoms. The van der Waals surface area contributed by atoms with E-state index in [1.54, 1.807) is 0 Å². The summed E-state index contributed by atoms with van der Waals surface area (Å²) in [6.45, 7) is 0.837. The molecule has 72 valence electrons. The maximum atomic E-state index is 5.63. The van der Waals surface area contributed by atoms with E-state index in [-0.39, 0.29) is 0 Å². The van der Waals surface area contributed by atoms with Crippen LogP contribution in [0.25, 0.3) is 11.0 Å². The monoisotopic (exact) mass is 189 g/mol. The molecule has 1 heterocycles. The van der Waals surface area contributed by atoms with Crippen molar-refractivity contribution >= 4 is 11.0 Å². The molecule has 1 aromatic heterocycles. The molecular weight excluding hydrogens is 178 g/mol. The number of hydrogen-bond acceptors (Lipinski definition) is 3. The van der Waals surface area contributed by atoms with Gasteiger partial charge in [-0.25, -0.2) is 0 Å². The quantitative estimate of drug-likeness (QED) is 0.800. The predicted molar refractivity (Wildman–Crippen MR) is 52.1 cm³/mol. The summed E-state index contributed by atoms with van der Waals surface area (Å²) >= 11 is 0. The Morgan fingerprint density at radius 1 is 1.29 bits per heavy atom. The standard InChI is InChI=1S/C10H11N3O/c1-2-7(1)6-14-8-3-4-9-10(5-8)12-13-11-9/h3-5,7H,1-2,6H2,(H,11,12,13). The molecule has 0 saturated heterocycles. The van der Waals surface area contributed by atoms with Crippen LogP contribution in [0.2, 0.25) is 0 Å². The average molecular weight is 189 g/mol. The minimum absolute atomic E-state index is 0.781. The number of nitrogens with zero attached hydrogens (tertiary/aromatic N) is 2. The molecule has 0 atom stereocenters. The third kappa shape index (κ3) is 1.43. The van der Waals surface area contributed by atoms with Gasteiger partial charge in [0.1, 0.15) is 16.8 Å². The van der Waals surface area contributed by atoms with Gasteiger partial charge in [-0.05, 0) is 30.9 Å². The molecule has 1 aliphatic carbocycles. The Balaban J connectivity index is 1.81. The van der Waals surface area contributed by atoms with E-state index in [1.165, 1.54) is 12.8 Å². The maximum Gasteiger partial charge on any atom is 0.121 e. The first-order valence-electron chi connectivity index (χ1n) is 4.85. The summed E-state index contributed by atoms with van der Waals surface area (Å²) in [4.78, 5) is 0. The van der Waals surface area contributed by atoms with E-state index in [4.69, 9.17) is 4.74 Å². The number of ether oxygens (including phenoxy) is 1. The number of aromatic amines is 1. The van der Waals surface area contributed by atoms with Gasteiger partial charge in [-0.2, -0.15) is 15.4 Å². The molecule has 0 aliphatic heterocycles. The fourth-order valence-corrected chi connectivity index (χ4v) is 1.41. The molecule has 0 spiro atoms. The molecule has 0 bridgehead atoms. The molecule has 0 amide bonds. The van der Waals surface area contributed by atoms with Crippen LogP contribution in [0.1, 0.15) is 12.8 Å². The van der Waals surface area contributed by atoms with Crippen LogP contribution in [0.4, 0.5) is 0 Å². The van der Waals surface area contributed by atoms with E-state index in [9.17, 15) is 0 Å². The van der Waals surface area contributed by atoms with Crippen LogP contribution in [0.3, 0.4) is 0 Å². The molecule has 1 saturated carbocycles. The van der Waals surface area contributed by atoms with Crippen molar-refractivity contribution in [2.24, 2.45) is 5.92 Å². The highest BCUT2D eigenvalue weighted by Gasteiger charge is 2.21. The second kappa shape index (κ2) is 2.97. The van der Waals surface area contributed by atoms with Gasteiger partial charge in [-0.3, -0.25) is 0 Å². The Morgan fingerprint density at radius 2 is 2.14 bits per heavy atom. The first-order valence-corrected chi connectivity index (χ1v) is 4.85. The number of hydrogen-bond donors (Lipinski definition) is 1. The summed E-state index contributed by atoms with van der Waals surface area (Å²) in [5.41, 5.74) is 1.74. The first kappa shape index (κ1) is 7.79. The number of rotatable bonds is 3. The zero-order chi connectivity index (χ0) is 9.38. The smallest absolute Gasteiger partial charge is 0.121 e. The highest BCUT2D eigenvalue weighted by molar-refractivity contribution is 5.75. The van der Waals surface area contributed by atoms with Crippen LogP contribution in [-0.2, 0) is 0 Å². The molecule has 0 unspecified atom stereocenters. The van der Waals surface area contributed by atoms with Crippen LogP contribution in [0.5, 0.6) is 5.75 Å². The van der Waals surface area contributed by atoms with E-state index in [0.29, 0.717) is 0 Å². The predicted octanol–water partition coefficient (Wildman–Crippen LogP) is 1.75. The van der Waals surface area contributed by atoms with Gasteiger partial charge in [0.05, 0.1) is 6.61 Å². The maximum absolute atomic E-state index is 5.63. The van der Waals surface area contributed by atoms with Crippen LogP contribution >= 0.6 is 0 Å². The van der Waals surface area contributed by atoms with Crippen molar-refractivity contribution in [1.29, 1.82) is 0 Å². The van der Waals surface area contributed by atoms with Gasteiger partial charge >= 0.3 is 0 Å². The normalized spacial score (nSPS) is 16.0. The highest BCUT2D eigenvalue weighted by atomic mass is 16.5. The summed E-state index contributed by atoms with van der Waals surface area (Å²) in [5, 5.41) is 10.6. The first-order chi connectivity index (χ1) is 6.92.